The molecule has 0 atom stereocenters. The van der Waals surface area contributed by atoms with E-state index in [1.165, 1.54) is 15.7 Å². The Bertz CT molecular complexity index is 1030. The molecule has 12 heteroatoms. The Balaban J connectivity index is 1.97. The number of amides is 1. The first-order valence-electron chi connectivity index (χ1n) is 8.50. The van der Waals surface area contributed by atoms with Crippen LogP contribution in [0, 0.1) is 0 Å². The van der Waals surface area contributed by atoms with Crippen LogP contribution in [0.5, 0.6) is 5.88 Å². The number of carbonyl (C=O) groups excluding carboxylic acids is 1. The number of thiazole rings is 1. The maximum absolute atomic E-state index is 12.8. The molecular formula is C16H19N5O5S2. The molecule has 0 aromatic carbocycles. The Morgan fingerprint density at radius 1 is 1.39 bits per heavy atom. The van der Waals surface area contributed by atoms with Gasteiger partial charge in [0.1, 0.15) is 6.54 Å². The van der Waals surface area contributed by atoms with Gasteiger partial charge in [0.15, 0.2) is 10.7 Å². The van der Waals surface area contributed by atoms with Crippen LogP contribution in [-0.2, 0) is 17.8 Å². The monoisotopic (exact) mass is 425 g/mol. The van der Waals surface area contributed by atoms with Gasteiger partial charge >= 0.3 is 5.97 Å². The molecule has 0 aliphatic carbocycles. The van der Waals surface area contributed by atoms with Gasteiger partial charge in [0, 0.05) is 29.6 Å². The molecule has 10 nitrogen and oxygen atoms in total. The second-order valence-corrected chi connectivity index (χ2v) is 8.01. The van der Waals surface area contributed by atoms with Gasteiger partial charge in [-0.3, -0.25) is 18.8 Å². The molecule has 0 unspecified atom stereocenters. The summed E-state index contributed by atoms with van der Waals surface area (Å²) in [5, 5.41) is 24.6. The second-order valence-electron chi connectivity index (χ2n) is 6.56. The number of fused-ring (bicyclic) bond motifs is 3. The summed E-state index contributed by atoms with van der Waals surface area (Å²) in [6.45, 7) is 4.39. The average molecular weight is 425 g/mol. The van der Waals surface area contributed by atoms with Crippen molar-refractivity contribution in [2.75, 3.05) is 13.1 Å². The molecule has 1 aliphatic rings. The summed E-state index contributed by atoms with van der Waals surface area (Å²) < 4.78 is 1.31. The minimum absolute atomic E-state index is 0.199. The largest absolute Gasteiger partial charge is 0.492 e. The first-order valence-corrected chi connectivity index (χ1v) is 9.73. The highest BCUT2D eigenvalue weighted by molar-refractivity contribution is 7.80. The summed E-state index contributed by atoms with van der Waals surface area (Å²) in [7, 11) is 0. The third kappa shape index (κ3) is 3.78. The van der Waals surface area contributed by atoms with E-state index < -0.39 is 35.4 Å². The predicted octanol–water partition coefficient (Wildman–Crippen LogP) is -0.0830. The number of nitrogens with one attached hydrogen (secondary N) is 2. The van der Waals surface area contributed by atoms with Gasteiger partial charge in [0.2, 0.25) is 10.8 Å². The topological polar surface area (TPSA) is 136 Å². The predicted molar refractivity (Wildman–Crippen MR) is 106 cm³/mol. The lowest BCUT2D eigenvalue weighted by molar-refractivity contribution is -0.135. The van der Waals surface area contributed by atoms with Crippen molar-refractivity contribution < 1.29 is 19.8 Å². The fraction of sp³-hybridized carbons (Fsp3) is 0.438. The SMILES string of the molecule is CC(C)NC(=S)N1CCc2c(sc3nc(O)c(C(=O)NCC(=O)O)c(=O)n23)C1. The average Bonchev–Trinajstić information content (AvgIpc) is 2.96. The van der Waals surface area contributed by atoms with Crippen molar-refractivity contribution in [3.63, 3.8) is 0 Å². The maximum Gasteiger partial charge on any atom is 0.322 e. The van der Waals surface area contributed by atoms with Crippen molar-refractivity contribution in [1.29, 1.82) is 0 Å². The molecule has 3 heterocycles. The fourth-order valence-corrected chi connectivity index (χ4v) is 4.47. The van der Waals surface area contributed by atoms with E-state index in [-0.39, 0.29) is 11.0 Å². The van der Waals surface area contributed by atoms with Crippen LogP contribution in [0.15, 0.2) is 4.79 Å². The van der Waals surface area contributed by atoms with Crippen molar-refractivity contribution in [2.24, 2.45) is 0 Å². The molecule has 28 heavy (non-hydrogen) atoms. The molecule has 2 aromatic heterocycles. The molecule has 1 aliphatic heterocycles. The molecule has 1 amide bonds. The molecule has 0 radical (unpaired) electrons. The molecule has 0 saturated heterocycles. The van der Waals surface area contributed by atoms with E-state index in [1.54, 1.807) is 0 Å². The molecule has 150 valence electrons. The molecular weight excluding hydrogens is 406 g/mol. The molecule has 4 N–H and O–H groups in total. The van der Waals surface area contributed by atoms with E-state index >= 15 is 0 Å². The molecule has 2 aromatic rings. The quantitative estimate of drug-likeness (QED) is 0.496. The van der Waals surface area contributed by atoms with E-state index in [4.69, 9.17) is 17.3 Å². The summed E-state index contributed by atoms with van der Waals surface area (Å²) >= 11 is 6.65. The molecule has 0 fully saturated rings. The van der Waals surface area contributed by atoms with Crippen LogP contribution in [0.3, 0.4) is 0 Å². The fourth-order valence-electron chi connectivity index (χ4n) is 2.91. The minimum Gasteiger partial charge on any atom is -0.492 e. The van der Waals surface area contributed by atoms with Crippen molar-refractivity contribution in [2.45, 2.75) is 32.9 Å². The Morgan fingerprint density at radius 2 is 2.11 bits per heavy atom. The Morgan fingerprint density at radius 3 is 2.75 bits per heavy atom. The lowest BCUT2D eigenvalue weighted by Gasteiger charge is -2.30. The number of rotatable bonds is 4. The van der Waals surface area contributed by atoms with E-state index in [2.05, 4.69) is 15.6 Å². The van der Waals surface area contributed by atoms with E-state index in [1.807, 2.05) is 18.7 Å². The zero-order valence-corrected chi connectivity index (χ0v) is 16.8. The van der Waals surface area contributed by atoms with E-state index in [0.29, 0.717) is 30.3 Å². The third-order valence-electron chi connectivity index (χ3n) is 4.12. The highest BCUT2D eigenvalue weighted by atomic mass is 32.1. The second kappa shape index (κ2) is 7.72. The summed E-state index contributed by atoms with van der Waals surface area (Å²) in [5.41, 5.74) is -0.577. The summed E-state index contributed by atoms with van der Waals surface area (Å²) in [6, 6.07) is 0.199. The van der Waals surface area contributed by atoms with Gasteiger partial charge < -0.3 is 25.7 Å². The van der Waals surface area contributed by atoms with Gasteiger partial charge in [-0.25, -0.2) is 0 Å². The van der Waals surface area contributed by atoms with Gasteiger partial charge in [-0.15, -0.1) is 0 Å². The lowest BCUT2D eigenvalue weighted by Crippen LogP contribution is -2.45. The van der Waals surface area contributed by atoms with Gasteiger partial charge in [-0.2, -0.15) is 4.98 Å². The number of aliphatic carboxylic acids is 1. The van der Waals surface area contributed by atoms with Crippen LogP contribution in [0.2, 0.25) is 0 Å². The molecule has 0 spiro atoms. The van der Waals surface area contributed by atoms with Crippen LogP contribution in [-0.4, -0.2) is 60.6 Å². The zero-order chi connectivity index (χ0) is 20.6. The first-order chi connectivity index (χ1) is 13.2. The van der Waals surface area contributed by atoms with Crippen LogP contribution < -0.4 is 16.2 Å². The van der Waals surface area contributed by atoms with Crippen LogP contribution in [0.25, 0.3) is 4.96 Å². The van der Waals surface area contributed by atoms with Gasteiger partial charge in [0.05, 0.1) is 6.54 Å². The van der Waals surface area contributed by atoms with Crippen molar-refractivity contribution in [3.05, 3.63) is 26.5 Å². The van der Waals surface area contributed by atoms with Crippen molar-refractivity contribution in [3.8, 4) is 5.88 Å². The highest BCUT2D eigenvalue weighted by Gasteiger charge is 2.28. The standard InChI is InChI=1S/C16H19N5O5S2/c1-7(2)18-15(27)20-4-3-8-9(6-20)28-16-19-13(25)11(14(26)21(8)16)12(24)17-5-10(22)23/h7,25H,3-6H2,1-2H3,(H,17,24)(H,18,27)(H,22,23). The van der Waals surface area contributed by atoms with Crippen molar-refractivity contribution in [1.82, 2.24) is 24.9 Å². The summed E-state index contributed by atoms with van der Waals surface area (Å²) in [5.74, 6) is -2.97. The lowest BCUT2D eigenvalue weighted by atomic mass is 10.2. The number of carbonyl (C=O) groups is 2. The van der Waals surface area contributed by atoms with Crippen LogP contribution >= 0.6 is 23.6 Å². The number of hydrogen-bond donors (Lipinski definition) is 4. The number of thiocarbonyl (C=S) groups is 1. The molecule has 0 bridgehead atoms. The van der Waals surface area contributed by atoms with Gasteiger partial charge in [-0.1, -0.05) is 11.3 Å². The summed E-state index contributed by atoms with van der Waals surface area (Å²) in [4.78, 5) is 42.7. The summed E-state index contributed by atoms with van der Waals surface area (Å²) in [6.07, 6.45) is 0.512. The molecule has 0 saturated carbocycles. The number of hydrogen-bond acceptors (Lipinski definition) is 7. The van der Waals surface area contributed by atoms with Crippen LogP contribution in [0.4, 0.5) is 0 Å². The maximum atomic E-state index is 12.8. The van der Waals surface area contributed by atoms with Gasteiger partial charge in [0.25, 0.3) is 11.5 Å². The molecule has 3 rings (SSSR count). The Kier molecular flexibility index (Phi) is 5.52. The smallest absolute Gasteiger partial charge is 0.322 e. The Labute approximate surface area is 168 Å². The van der Waals surface area contributed by atoms with E-state index in [9.17, 15) is 19.5 Å². The third-order valence-corrected chi connectivity index (χ3v) is 5.56. The van der Waals surface area contributed by atoms with Crippen LogP contribution in [0.1, 0.15) is 34.8 Å². The number of nitrogens with zero attached hydrogens (tertiary/aromatic N) is 3. The zero-order valence-electron chi connectivity index (χ0n) is 15.2. The first kappa shape index (κ1) is 20.0. The number of aromatic nitrogens is 2. The van der Waals surface area contributed by atoms with Crippen molar-refractivity contribution >= 4 is 45.5 Å². The normalized spacial score (nSPS) is 13.5. The minimum atomic E-state index is -1.26. The number of carboxylic acid groups (broad SMARTS) is 1. The highest BCUT2D eigenvalue weighted by Crippen LogP contribution is 2.28. The van der Waals surface area contributed by atoms with E-state index in [0.717, 1.165) is 4.88 Å². The van der Waals surface area contributed by atoms with Gasteiger partial charge in [-0.05, 0) is 26.1 Å². The number of carboxylic acids is 1. The Hall–Kier alpha value is -2.73. The number of aromatic hydroxyl groups is 1.